The summed E-state index contributed by atoms with van der Waals surface area (Å²) < 4.78 is 0. The van der Waals surface area contributed by atoms with Gasteiger partial charge in [-0.3, -0.25) is 0 Å². The van der Waals surface area contributed by atoms with Crippen molar-refractivity contribution in [3.63, 3.8) is 0 Å². The number of H-pyrrole nitrogens is 4. The smallest absolute Gasteiger partial charge is 0.0815 e. The predicted octanol–water partition coefficient (Wildman–Crippen LogP) is 24.4. The summed E-state index contributed by atoms with van der Waals surface area (Å²) in [5.74, 6) is 7.39. The highest BCUT2D eigenvalue weighted by atomic mass is 14.8. The van der Waals surface area contributed by atoms with Gasteiger partial charge < -0.3 is 19.9 Å². The largest absolute Gasteiger partial charge is 0.354 e. The van der Waals surface area contributed by atoms with Crippen molar-refractivity contribution in [3.8, 4) is 89.7 Å². The van der Waals surface area contributed by atoms with Gasteiger partial charge in [-0.15, -0.1) is 0 Å². The number of fused-ring (bicyclic) bond motifs is 16. The normalized spacial score (nSPS) is 12.2. The number of nitrogens with zero attached hydrogens (tertiary/aromatic N) is 4. The summed E-state index contributed by atoms with van der Waals surface area (Å²) in [5, 5.41) is 0. The van der Waals surface area contributed by atoms with Crippen molar-refractivity contribution < 1.29 is 0 Å². The topological polar surface area (TPSA) is 115 Å². The van der Waals surface area contributed by atoms with Gasteiger partial charge in [0.25, 0.3) is 0 Å². The van der Waals surface area contributed by atoms with Gasteiger partial charge in [0.15, 0.2) is 0 Å². The maximum atomic E-state index is 5.76. The van der Waals surface area contributed by atoms with Crippen molar-refractivity contribution >= 4 is 92.7 Å². The van der Waals surface area contributed by atoms with Crippen LogP contribution in [0.1, 0.15) is 123 Å². The van der Waals surface area contributed by atoms with E-state index in [4.69, 9.17) is 19.9 Å². The predicted molar refractivity (Wildman–Crippen MR) is 439 cm³/mol. The Kier molecular flexibility index (Phi) is 16.0. The summed E-state index contributed by atoms with van der Waals surface area (Å²) in [6.45, 7) is 26.2. The first-order valence-corrected chi connectivity index (χ1v) is 35.8. The molecule has 0 saturated carbocycles. The van der Waals surface area contributed by atoms with Gasteiger partial charge in [0.2, 0.25) is 0 Å². The van der Waals surface area contributed by atoms with Crippen molar-refractivity contribution in [2.45, 2.75) is 83.1 Å². The second kappa shape index (κ2) is 25.7. The van der Waals surface area contributed by atoms with Crippen molar-refractivity contribution in [3.05, 3.63) is 305 Å². The molecule has 8 heteroatoms. The summed E-state index contributed by atoms with van der Waals surface area (Å²) in [7, 11) is 0. The molecule has 4 aliphatic heterocycles. The molecule has 0 spiro atoms. The lowest BCUT2D eigenvalue weighted by Gasteiger charge is -2.14. The van der Waals surface area contributed by atoms with E-state index in [1.807, 2.05) is 0 Å². The average Bonchev–Trinajstić information content (AvgIpc) is 1.61. The van der Waals surface area contributed by atoms with E-state index in [2.05, 4.69) is 345 Å². The molecule has 4 N–H and O–H groups in total. The third-order valence-electron chi connectivity index (χ3n) is 20.8. The Morgan fingerprint density at radius 2 is 0.423 bits per heavy atom. The number of hydrogen-bond donors (Lipinski definition) is 4. The van der Waals surface area contributed by atoms with Crippen LogP contribution in [0.2, 0.25) is 0 Å². The van der Waals surface area contributed by atoms with Gasteiger partial charge in [-0.1, -0.05) is 167 Å². The van der Waals surface area contributed by atoms with Crippen molar-refractivity contribution in [2.75, 3.05) is 0 Å². The Labute approximate surface area is 607 Å². The number of nitrogens with one attached hydrogen (secondary N) is 4. The molecule has 8 nitrogen and oxygen atoms in total. The standard InChI is InChI=1S/C96H78N8/c1-53-13-22-66(23-14-53)90-73-33-31-71(97-73)70(72-32-34-74(98-72)91(67-24-15-54(2)16-25-67)76-36-38-78(100-76)92(77-37-35-75(90)99-77)68-26-17-55(3)18-27-68)30-21-65-19-28-69(29-20-65)93-79-39-41-81(101-79)94(87-59(7)47-56(4)48-60(87)8)83-43-45-85(103-83)96(89-63(11)51-58(6)52-64(89)12)86-46-44-84(104-86)95(82-42-40-80(93)102-82)88-61(9)49-57(5)50-62(88)10/h13-20,22-29,31-52,97,100-101,104H,1-12H3. The Morgan fingerprint density at radius 1 is 0.202 bits per heavy atom. The zero-order valence-electron chi connectivity index (χ0n) is 60.7. The van der Waals surface area contributed by atoms with Crippen LogP contribution < -0.4 is 0 Å². The molecule has 0 atom stereocenters. The van der Waals surface area contributed by atoms with Crippen molar-refractivity contribution in [1.29, 1.82) is 0 Å². The van der Waals surface area contributed by atoms with Gasteiger partial charge in [0.05, 0.1) is 56.6 Å². The van der Waals surface area contributed by atoms with E-state index in [1.165, 1.54) is 72.3 Å². The lowest BCUT2D eigenvalue weighted by Crippen LogP contribution is -1.96. The first-order chi connectivity index (χ1) is 50.4. The fourth-order valence-electron chi connectivity index (χ4n) is 16.3. The fraction of sp³-hybridized carbons (Fsp3) is 0.125. The molecule has 0 fully saturated rings. The molecule has 502 valence electrons. The van der Waals surface area contributed by atoms with E-state index in [-0.39, 0.29) is 0 Å². The van der Waals surface area contributed by atoms with E-state index in [0.29, 0.717) is 0 Å². The molecule has 6 aromatic heterocycles. The van der Waals surface area contributed by atoms with Crippen LogP contribution in [0, 0.1) is 94.9 Å². The molecular weight excluding hydrogens is 1270 g/mol. The Hall–Kier alpha value is -12.7. The molecular formula is C96H78N8. The van der Waals surface area contributed by atoms with Gasteiger partial charge >= 0.3 is 0 Å². The molecule has 104 heavy (non-hydrogen) atoms. The summed E-state index contributed by atoms with van der Waals surface area (Å²) in [5.41, 5.74) is 44.9. The van der Waals surface area contributed by atoms with Crippen LogP contribution in [0.5, 0.6) is 0 Å². The first kappa shape index (κ1) is 64.7. The van der Waals surface area contributed by atoms with E-state index >= 15 is 0 Å². The third-order valence-corrected chi connectivity index (χ3v) is 20.8. The number of aromatic nitrogens is 8. The molecule has 17 rings (SSSR count). The highest BCUT2D eigenvalue weighted by Gasteiger charge is 2.25. The van der Waals surface area contributed by atoms with Crippen LogP contribution in [0.4, 0.5) is 0 Å². The molecule has 0 radical (unpaired) electrons. The van der Waals surface area contributed by atoms with Crippen LogP contribution in [-0.2, 0) is 0 Å². The fourth-order valence-corrected chi connectivity index (χ4v) is 16.3. The van der Waals surface area contributed by atoms with Crippen LogP contribution in [0.25, 0.3) is 171 Å². The Bertz CT molecular complexity index is 6210. The summed E-state index contributed by atoms with van der Waals surface area (Å²) in [6.07, 6.45) is 17.3. The van der Waals surface area contributed by atoms with Gasteiger partial charge in [0, 0.05) is 83.1 Å². The van der Waals surface area contributed by atoms with Crippen molar-refractivity contribution in [2.24, 2.45) is 0 Å². The van der Waals surface area contributed by atoms with Crippen LogP contribution in [0.15, 0.2) is 182 Å². The average molecular weight is 1340 g/mol. The zero-order chi connectivity index (χ0) is 71.3. The summed E-state index contributed by atoms with van der Waals surface area (Å²) in [6, 6.07) is 66.0. The number of aromatic amines is 4. The Morgan fingerprint density at radius 3 is 0.712 bits per heavy atom. The minimum Gasteiger partial charge on any atom is -0.354 e. The monoisotopic (exact) mass is 1340 g/mol. The van der Waals surface area contributed by atoms with E-state index in [9.17, 15) is 0 Å². The minimum absolute atomic E-state index is 0.749. The lowest BCUT2D eigenvalue weighted by atomic mass is 9.92. The minimum atomic E-state index is 0.749. The molecule has 0 amide bonds. The third kappa shape index (κ3) is 11.7. The van der Waals surface area contributed by atoms with Crippen LogP contribution >= 0.6 is 0 Å². The maximum absolute atomic E-state index is 5.76. The van der Waals surface area contributed by atoms with Gasteiger partial charge in [0.1, 0.15) is 0 Å². The zero-order valence-corrected chi connectivity index (χ0v) is 60.7. The molecule has 0 aliphatic carbocycles. The quantitative estimate of drug-likeness (QED) is 0.119. The lowest BCUT2D eigenvalue weighted by molar-refractivity contribution is 1.27. The second-order valence-corrected chi connectivity index (χ2v) is 28.8. The number of benzene rings is 7. The maximum Gasteiger partial charge on any atom is 0.0815 e. The Balaban J connectivity index is 0.895. The summed E-state index contributed by atoms with van der Waals surface area (Å²) >= 11 is 0. The molecule has 0 unspecified atom stereocenters. The van der Waals surface area contributed by atoms with E-state index in [1.54, 1.807) is 0 Å². The van der Waals surface area contributed by atoms with Gasteiger partial charge in [-0.2, -0.15) is 0 Å². The van der Waals surface area contributed by atoms with Crippen LogP contribution in [-0.4, -0.2) is 39.9 Å². The molecule has 4 aliphatic rings. The van der Waals surface area contributed by atoms with Crippen LogP contribution in [0.3, 0.4) is 0 Å². The SMILES string of the molecule is Cc1ccc(-c2c3nc(c(-c4ccc(C)cc4)c4ccc([nH]4)c(-c4ccc(C)cc4)c4nc(c(C#Cc5ccc(-c6c7nc(c(-c8c(C)cc(C)cc8C)c8ccc([nH]8)c(-c8c(C)cc(C)cc8C)c8nc(c(-c9c(C)cc(C)cc9C)c9ccc6[nH]9)C=C8)C=C7)cc5)c5ccc2[nH]5)C=C4)C=C3)cc1. The first-order valence-electron chi connectivity index (χ1n) is 35.8. The van der Waals surface area contributed by atoms with E-state index in [0.717, 1.165) is 173 Å². The summed E-state index contributed by atoms with van der Waals surface area (Å²) in [4.78, 5) is 38.5. The van der Waals surface area contributed by atoms with Gasteiger partial charge in [-0.25, -0.2) is 19.9 Å². The van der Waals surface area contributed by atoms with Crippen molar-refractivity contribution in [1.82, 2.24) is 39.9 Å². The number of hydrogen-bond acceptors (Lipinski definition) is 4. The molecule has 13 aromatic rings. The number of rotatable bonds is 7. The van der Waals surface area contributed by atoms with E-state index < -0.39 is 0 Å². The second-order valence-electron chi connectivity index (χ2n) is 28.8. The molecule has 16 bridgehead atoms. The molecule has 10 heterocycles. The highest BCUT2D eigenvalue weighted by Crippen LogP contribution is 2.44. The molecule has 7 aromatic carbocycles. The molecule has 0 saturated heterocycles. The van der Waals surface area contributed by atoms with Gasteiger partial charge in [-0.05, 0) is 265 Å². The number of aryl methyl sites for hydroxylation is 12. The highest BCUT2D eigenvalue weighted by molar-refractivity contribution is 6.03.